The lowest BCUT2D eigenvalue weighted by atomic mass is 10.0. The zero-order chi connectivity index (χ0) is 32.4. The predicted molar refractivity (Wildman–Crippen MR) is 156 cm³/mol. The number of alkyl halides is 3. The van der Waals surface area contributed by atoms with Crippen molar-refractivity contribution < 1.29 is 36.7 Å². The molecule has 5 heterocycles. The number of amides is 3. The average molecular weight is 647 g/mol. The van der Waals surface area contributed by atoms with Gasteiger partial charge in [0.2, 0.25) is 11.8 Å². The van der Waals surface area contributed by atoms with E-state index in [1.54, 1.807) is 33.8 Å². The number of ether oxygens (including phenoxy) is 2. The van der Waals surface area contributed by atoms with E-state index in [0.29, 0.717) is 29.8 Å². The first kappa shape index (κ1) is 31.8. The molecule has 3 amide bonds. The van der Waals surface area contributed by atoms with Crippen LogP contribution < -0.4 is 10.6 Å². The SMILES string of the molecule is CCNC(=O)Nc1cc(-c2nc(C(F)(F)F)cs2)c(-c2cncc(-c3nnc([C@@H]4COCCN4C(=O)OC(C)(C)C)o3)c2)cn1. The second kappa shape index (κ2) is 12.8. The fourth-order valence-corrected chi connectivity index (χ4v) is 5.17. The van der Waals surface area contributed by atoms with Crippen LogP contribution in [0.5, 0.6) is 0 Å². The molecular formula is C28H29F3N8O5S. The molecule has 0 saturated carbocycles. The van der Waals surface area contributed by atoms with E-state index < -0.39 is 35.6 Å². The second-order valence-electron chi connectivity index (χ2n) is 10.8. The van der Waals surface area contributed by atoms with Crippen LogP contribution in [0, 0.1) is 0 Å². The van der Waals surface area contributed by atoms with Gasteiger partial charge in [0.05, 0.1) is 18.8 Å². The van der Waals surface area contributed by atoms with Crippen molar-refractivity contribution in [1.82, 2.24) is 35.4 Å². The van der Waals surface area contributed by atoms with Crippen molar-refractivity contribution >= 4 is 29.3 Å². The Kier molecular flexibility index (Phi) is 9.01. The maximum atomic E-state index is 13.4. The van der Waals surface area contributed by atoms with Crippen molar-refractivity contribution in [3.05, 3.63) is 47.7 Å². The molecule has 17 heteroatoms. The number of carbonyl (C=O) groups excluding carboxylic acids is 2. The fourth-order valence-electron chi connectivity index (χ4n) is 4.32. The number of hydrogen-bond donors (Lipinski definition) is 2. The molecule has 1 fully saturated rings. The summed E-state index contributed by atoms with van der Waals surface area (Å²) in [4.78, 5) is 38.8. The van der Waals surface area contributed by atoms with Crippen LogP contribution in [0.2, 0.25) is 0 Å². The number of morpholine rings is 1. The maximum absolute atomic E-state index is 13.4. The quantitative estimate of drug-likeness (QED) is 0.263. The molecule has 5 rings (SSSR count). The molecule has 1 atom stereocenters. The third kappa shape index (κ3) is 7.54. The molecule has 0 aliphatic carbocycles. The highest BCUT2D eigenvalue weighted by atomic mass is 32.1. The van der Waals surface area contributed by atoms with Gasteiger partial charge >= 0.3 is 18.3 Å². The Morgan fingerprint density at radius 3 is 2.60 bits per heavy atom. The zero-order valence-corrected chi connectivity index (χ0v) is 25.5. The van der Waals surface area contributed by atoms with Gasteiger partial charge in [0.25, 0.3) is 0 Å². The summed E-state index contributed by atoms with van der Waals surface area (Å²) in [5, 5.41) is 14.4. The molecule has 1 saturated heterocycles. The van der Waals surface area contributed by atoms with E-state index in [1.807, 2.05) is 0 Å². The minimum absolute atomic E-state index is 0.0590. The van der Waals surface area contributed by atoms with Crippen molar-refractivity contribution in [2.24, 2.45) is 0 Å². The van der Waals surface area contributed by atoms with Gasteiger partial charge in [-0.3, -0.25) is 15.2 Å². The van der Waals surface area contributed by atoms with Crippen LogP contribution in [-0.4, -0.2) is 74.1 Å². The molecule has 0 spiro atoms. The van der Waals surface area contributed by atoms with E-state index in [1.165, 1.54) is 29.6 Å². The summed E-state index contributed by atoms with van der Waals surface area (Å²) in [5.74, 6) is 0.330. The molecule has 2 N–H and O–H groups in total. The van der Waals surface area contributed by atoms with E-state index in [0.717, 1.165) is 16.7 Å². The van der Waals surface area contributed by atoms with Crippen LogP contribution in [0.3, 0.4) is 0 Å². The van der Waals surface area contributed by atoms with Gasteiger partial charge in [0.15, 0.2) is 5.69 Å². The topological polar surface area (TPSA) is 157 Å². The maximum Gasteiger partial charge on any atom is 0.434 e. The van der Waals surface area contributed by atoms with Gasteiger partial charge < -0.3 is 19.2 Å². The third-order valence-corrected chi connectivity index (χ3v) is 7.16. The van der Waals surface area contributed by atoms with Gasteiger partial charge in [0, 0.05) is 53.8 Å². The molecule has 0 radical (unpaired) electrons. The summed E-state index contributed by atoms with van der Waals surface area (Å²) < 4.78 is 57.2. The van der Waals surface area contributed by atoms with Crippen LogP contribution in [-0.2, 0) is 15.7 Å². The standard InChI is InChI=1S/C28H29F3N8O5S/c1-5-33-25(40)36-21-9-17(24-35-20(14-45-24)28(29,30)31)18(12-34-21)15-8-16(11-32-10-15)22-37-38-23(43-22)19-13-42-7-6-39(19)26(41)44-27(2,3)4/h8-12,14,19H,5-7,13H2,1-4H3,(H2,33,34,36,40)/t19-/m0/s1. The Hall–Kier alpha value is -4.64. The Balaban J connectivity index is 1.48. The molecule has 0 unspecified atom stereocenters. The van der Waals surface area contributed by atoms with Gasteiger partial charge in [-0.15, -0.1) is 21.5 Å². The largest absolute Gasteiger partial charge is 0.444 e. The highest BCUT2D eigenvalue weighted by Gasteiger charge is 2.36. The highest BCUT2D eigenvalue weighted by Crippen LogP contribution is 2.39. The number of anilines is 1. The first-order valence-corrected chi connectivity index (χ1v) is 14.6. The normalized spacial score (nSPS) is 15.5. The zero-order valence-electron chi connectivity index (χ0n) is 24.6. The van der Waals surface area contributed by atoms with Gasteiger partial charge in [0.1, 0.15) is 22.5 Å². The van der Waals surface area contributed by atoms with Gasteiger partial charge in [-0.1, -0.05) is 0 Å². The number of halogens is 3. The molecule has 0 bridgehead atoms. The first-order valence-electron chi connectivity index (χ1n) is 13.8. The van der Waals surface area contributed by atoms with Crippen LogP contribution in [0.1, 0.15) is 45.3 Å². The van der Waals surface area contributed by atoms with Crippen molar-refractivity contribution in [3.63, 3.8) is 0 Å². The number of nitrogens with zero attached hydrogens (tertiary/aromatic N) is 6. The molecule has 1 aliphatic rings. The van der Waals surface area contributed by atoms with E-state index in [2.05, 4.69) is 35.8 Å². The predicted octanol–water partition coefficient (Wildman–Crippen LogP) is 5.79. The molecule has 13 nitrogen and oxygen atoms in total. The highest BCUT2D eigenvalue weighted by molar-refractivity contribution is 7.13. The van der Waals surface area contributed by atoms with Crippen molar-refractivity contribution in [3.8, 4) is 33.2 Å². The lowest BCUT2D eigenvalue weighted by molar-refractivity contribution is -0.140. The van der Waals surface area contributed by atoms with Gasteiger partial charge in [-0.2, -0.15) is 13.2 Å². The smallest absolute Gasteiger partial charge is 0.434 e. The van der Waals surface area contributed by atoms with E-state index in [-0.39, 0.29) is 41.3 Å². The average Bonchev–Trinajstić information content (AvgIpc) is 3.68. The van der Waals surface area contributed by atoms with Crippen LogP contribution >= 0.6 is 11.3 Å². The number of carbonyl (C=O) groups is 2. The summed E-state index contributed by atoms with van der Waals surface area (Å²) in [5.41, 5.74) is -0.207. The number of nitrogens with one attached hydrogen (secondary N) is 2. The number of urea groups is 1. The molecule has 4 aromatic heterocycles. The molecule has 0 aromatic carbocycles. The number of aromatic nitrogens is 5. The molecule has 1 aliphatic heterocycles. The monoisotopic (exact) mass is 646 g/mol. The van der Waals surface area contributed by atoms with Crippen LogP contribution in [0.25, 0.3) is 33.2 Å². The molecule has 45 heavy (non-hydrogen) atoms. The Bertz CT molecular complexity index is 1690. The van der Waals surface area contributed by atoms with Crippen molar-refractivity contribution in [2.75, 3.05) is 31.6 Å². The van der Waals surface area contributed by atoms with Crippen LogP contribution in [0.4, 0.5) is 28.6 Å². The number of hydrogen-bond acceptors (Lipinski definition) is 11. The number of thiazole rings is 1. The van der Waals surface area contributed by atoms with Crippen molar-refractivity contribution in [2.45, 2.75) is 45.5 Å². The lowest BCUT2D eigenvalue weighted by Crippen LogP contribution is -2.45. The fraction of sp³-hybridized carbons (Fsp3) is 0.393. The molecule has 4 aromatic rings. The van der Waals surface area contributed by atoms with Crippen molar-refractivity contribution in [1.29, 1.82) is 0 Å². The number of rotatable bonds is 6. The lowest BCUT2D eigenvalue weighted by Gasteiger charge is -2.34. The Morgan fingerprint density at radius 1 is 1.11 bits per heavy atom. The number of pyridine rings is 2. The Morgan fingerprint density at radius 2 is 1.89 bits per heavy atom. The summed E-state index contributed by atoms with van der Waals surface area (Å²) in [6.45, 7) is 8.11. The minimum Gasteiger partial charge on any atom is -0.444 e. The molecular weight excluding hydrogens is 617 g/mol. The van der Waals surface area contributed by atoms with E-state index >= 15 is 0 Å². The third-order valence-electron chi connectivity index (χ3n) is 6.29. The summed E-state index contributed by atoms with van der Waals surface area (Å²) in [7, 11) is 0. The van der Waals surface area contributed by atoms with Crippen LogP contribution in [0.15, 0.2) is 40.5 Å². The molecule has 238 valence electrons. The minimum atomic E-state index is -4.64. The second-order valence-corrected chi connectivity index (χ2v) is 11.7. The Labute approximate surface area is 259 Å². The summed E-state index contributed by atoms with van der Waals surface area (Å²) >= 11 is 0.799. The summed E-state index contributed by atoms with van der Waals surface area (Å²) in [6, 6.07) is 1.89. The van der Waals surface area contributed by atoms with Gasteiger partial charge in [-0.25, -0.2) is 19.6 Å². The van der Waals surface area contributed by atoms with E-state index in [4.69, 9.17) is 13.9 Å². The first-order chi connectivity index (χ1) is 21.3. The summed E-state index contributed by atoms with van der Waals surface area (Å²) in [6.07, 6.45) is -0.795. The van der Waals surface area contributed by atoms with E-state index in [9.17, 15) is 22.8 Å². The van der Waals surface area contributed by atoms with Gasteiger partial charge in [-0.05, 0) is 39.8 Å².